The Labute approximate surface area is 160 Å². The summed E-state index contributed by atoms with van der Waals surface area (Å²) in [5.74, 6) is 0. The topological polar surface area (TPSA) is 18.5 Å². The number of nitrogens with one attached hydrogen (secondary N) is 1. The first-order chi connectivity index (χ1) is 12.0. The number of aryl methyl sites for hydroxylation is 3. The fraction of sp³-hybridized carbons (Fsp3) is 0.450. The normalized spacial score (nSPS) is 15.9. The van der Waals surface area contributed by atoms with Gasteiger partial charge in [-0.15, -0.1) is 0 Å². The lowest BCUT2D eigenvalue weighted by atomic mass is 10.1. The van der Waals surface area contributed by atoms with Crippen LogP contribution in [0.5, 0.6) is 0 Å². The Morgan fingerprint density at radius 2 is 1.88 bits per heavy atom. The maximum atomic E-state index is 5.70. The van der Waals surface area contributed by atoms with E-state index >= 15 is 0 Å². The molecule has 1 fully saturated rings. The Balaban J connectivity index is 1.58. The van der Waals surface area contributed by atoms with Crippen LogP contribution in [0.25, 0.3) is 0 Å². The van der Waals surface area contributed by atoms with Gasteiger partial charge in [-0.1, -0.05) is 6.07 Å². The van der Waals surface area contributed by atoms with Crippen LogP contribution in [0.2, 0.25) is 0 Å². The summed E-state index contributed by atoms with van der Waals surface area (Å²) in [5, 5.41) is 8.73. The summed E-state index contributed by atoms with van der Waals surface area (Å²) in [5.41, 5.74) is 6.43. The highest BCUT2D eigenvalue weighted by molar-refractivity contribution is 7.80. The van der Waals surface area contributed by atoms with Crippen molar-refractivity contribution in [3.63, 3.8) is 0 Å². The van der Waals surface area contributed by atoms with Gasteiger partial charge in [0.15, 0.2) is 5.11 Å². The van der Waals surface area contributed by atoms with Gasteiger partial charge < -0.3 is 10.2 Å². The predicted molar refractivity (Wildman–Crippen MR) is 113 cm³/mol. The fourth-order valence-electron chi connectivity index (χ4n) is 3.26. The van der Waals surface area contributed by atoms with E-state index in [1.807, 2.05) is 0 Å². The summed E-state index contributed by atoms with van der Waals surface area (Å²) >= 11 is 7.48. The number of anilines is 1. The number of thiocarbonyl (C=S) groups is 1. The van der Waals surface area contributed by atoms with Crippen molar-refractivity contribution in [3.05, 3.63) is 51.2 Å². The van der Waals surface area contributed by atoms with E-state index in [1.54, 1.807) is 11.3 Å². The molecule has 0 atom stereocenters. The van der Waals surface area contributed by atoms with Crippen molar-refractivity contribution in [2.24, 2.45) is 0 Å². The molecule has 0 saturated carbocycles. The Morgan fingerprint density at radius 1 is 1.08 bits per heavy atom. The molecule has 1 N–H and O–H groups in total. The second-order valence-corrected chi connectivity index (χ2v) is 8.10. The third kappa shape index (κ3) is 4.81. The van der Waals surface area contributed by atoms with Crippen molar-refractivity contribution in [1.82, 2.24) is 9.80 Å². The maximum Gasteiger partial charge on any atom is 0.173 e. The van der Waals surface area contributed by atoms with Crippen LogP contribution in [0.1, 0.15) is 28.7 Å². The zero-order valence-corrected chi connectivity index (χ0v) is 17.0. The highest BCUT2D eigenvalue weighted by atomic mass is 32.1. The van der Waals surface area contributed by atoms with Crippen LogP contribution in [0.4, 0.5) is 5.69 Å². The van der Waals surface area contributed by atoms with Crippen LogP contribution in [0, 0.1) is 20.8 Å². The van der Waals surface area contributed by atoms with Gasteiger partial charge in [-0.3, -0.25) is 4.90 Å². The van der Waals surface area contributed by atoms with Gasteiger partial charge in [0.25, 0.3) is 0 Å². The zero-order valence-electron chi connectivity index (χ0n) is 15.3. The summed E-state index contributed by atoms with van der Waals surface area (Å²) in [6.45, 7) is 11.7. The highest BCUT2D eigenvalue weighted by Gasteiger charge is 2.17. The van der Waals surface area contributed by atoms with Crippen molar-refractivity contribution in [1.29, 1.82) is 0 Å². The summed E-state index contributed by atoms with van der Waals surface area (Å²) in [6, 6.07) is 6.66. The average Bonchev–Trinajstić information content (AvgIpc) is 2.97. The van der Waals surface area contributed by atoms with Gasteiger partial charge in [0.2, 0.25) is 0 Å². The van der Waals surface area contributed by atoms with E-state index in [1.165, 1.54) is 22.3 Å². The largest absolute Gasteiger partial charge is 0.348 e. The summed E-state index contributed by atoms with van der Waals surface area (Å²) in [4.78, 5) is 4.85. The molecule has 1 saturated heterocycles. The smallest absolute Gasteiger partial charge is 0.173 e. The summed E-state index contributed by atoms with van der Waals surface area (Å²) < 4.78 is 0. The van der Waals surface area contributed by atoms with Gasteiger partial charge in [-0.25, -0.2) is 0 Å². The molecule has 0 aliphatic carbocycles. The standard InChI is InChI=1S/C20H27N3S2/c1-15-11-17(3)19(12-16(15)2)21-20(24)23-7-4-6-22(8-9-23)13-18-5-10-25-14-18/h5,10-12,14H,4,6-9,13H2,1-3H3,(H,21,24). The highest BCUT2D eigenvalue weighted by Crippen LogP contribution is 2.21. The molecule has 1 aromatic carbocycles. The molecular formula is C20H27N3S2. The minimum atomic E-state index is 0.851. The van der Waals surface area contributed by atoms with Crippen molar-refractivity contribution in [2.45, 2.75) is 33.7 Å². The predicted octanol–water partition coefficient (Wildman–Crippen LogP) is 4.58. The Bertz CT molecular complexity index is 725. The number of rotatable bonds is 3. The SMILES string of the molecule is Cc1cc(C)c(NC(=S)N2CCCN(Cc3ccsc3)CC2)cc1C. The third-order valence-electron chi connectivity index (χ3n) is 4.94. The first-order valence-electron chi connectivity index (χ1n) is 8.90. The van der Waals surface area contributed by atoms with Gasteiger partial charge in [0.1, 0.15) is 0 Å². The monoisotopic (exact) mass is 373 g/mol. The molecule has 1 aliphatic rings. The van der Waals surface area contributed by atoms with E-state index in [0.717, 1.165) is 49.9 Å². The number of hydrogen-bond acceptors (Lipinski definition) is 3. The Hall–Kier alpha value is -1.43. The molecule has 3 rings (SSSR count). The van der Waals surface area contributed by atoms with Crippen molar-refractivity contribution in [2.75, 3.05) is 31.5 Å². The third-order valence-corrected chi connectivity index (χ3v) is 6.04. The molecule has 0 amide bonds. The maximum absolute atomic E-state index is 5.70. The van der Waals surface area contributed by atoms with Gasteiger partial charge >= 0.3 is 0 Å². The molecule has 0 spiro atoms. The molecule has 0 unspecified atom stereocenters. The van der Waals surface area contributed by atoms with Crippen molar-refractivity contribution >= 4 is 34.4 Å². The molecule has 2 heterocycles. The minimum Gasteiger partial charge on any atom is -0.348 e. The molecule has 1 aliphatic heterocycles. The molecular weight excluding hydrogens is 346 g/mol. The number of benzene rings is 1. The van der Waals surface area contributed by atoms with Crippen LogP contribution in [-0.2, 0) is 6.54 Å². The Kier molecular flexibility index (Phi) is 6.10. The second-order valence-electron chi connectivity index (χ2n) is 6.93. The molecule has 5 heteroatoms. The van der Waals surface area contributed by atoms with Gasteiger partial charge in [-0.2, -0.15) is 11.3 Å². The van der Waals surface area contributed by atoms with Crippen LogP contribution in [-0.4, -0.2) is 41.1 Å². The first kappa shape index (κ1) is 18.4. The Morgan fingerprint density at radius 3 is 2.64 bits per heavy atom. The van der Waals surface area contributed by atoms with E-state index in [0.29, 0.717) is 0 Å². The lowest BCUT2D eigenvalue weighted by molar-refractivity contribution is 0.278. The van der Waals surface area contributed by atoms with Crippen LogP contribution in [0.3, 0.4) is 0 Å². The molecule has 134 valence electrons. The van der Waals surface area contributed by atoms with Gasteiger partial charge in [0.05, 0.1) is 0 Å². The van der Waals surface area contributed by atoms with Gasteiger partial charge in [-0.05, 0) is 84.6 Å². The van der Waals surface area contributed by atoms with E-state index < -0.39 is 0 Å². The lowest BCUT2D eigenvalue weighted by Gasteiger charge is -2.25. The fourth-order valence-corrected chi connectivity index (χ4v) is 4.21. The van der Waals surface area contributed by atoms with Crippen molar-refractivity contribution in [3.8, 4) is 0 Å². The molecule has 3 nitrogen and oxygen atoms in total. The van der Waals surface area contributed by atoms with Crippen molar-refractivity contribution < 1.29 is 0 Å². The number of thiophene rings is 1. The minimum absolute atomic E-state index is 0.851. The summed E-state index contributed by atoms with van der Waals surface area (Å²) in [7, 11) is 0. The van der Waals surface area contributed by atoms with E-state index in [-0.39, 0.29) is 0 Å². The molecule has 0 radical (unpaired) electrons. The average molecular weight is 374 g/mol. The summed E-state index contributed by atoms with van der Waals surface area (Å²) in [6.07, 6.45) is 1.15. The molecule has 25 heavy (non-hydrogen) atoms. The molecule has 2 aromatic rings. The van der Waals surface area contributed by atoms with Crippen LogP contribution in [0.15, 0.2) is 29.0 Å². The van der Waals surface area contributed by atoms with Crippen LogP contribution >= 0.6 is 23.6 Å². The van der Waals surface area contributed by atoms with Gasteiger partial charge in [0, 0.05) is 38.4 Å². The molecule has 0 bridgehead atoms. The van der Waals surface area contributed by atoms with E-state index in [2.05, 4.69) is 64.8 Å². The quantitative estimate of drug-likeness (QED) is 0.794. The second kappa shape index (κ2) is 8.30. The number of hydrogen-bond donors (Lipinski definition) is 1. The lowest BCUT2D eigenvalue weighted by Crippen LogP contribution is -2.38. The molecule has 1 aromatic heterocycles. The zero-order chi connectivity index (χ0) is 17.8. The number of nitrogens with zero attached hydrogens (tertiary/aromatic N) is 2. The van der Waals surface area contributed by atoms with E-state index in [4.69, 9.17) is 12.2 Å². The van der Waals surface area contributed by atoms with E-state index in [9.17, 15) is 0 Å². The van der Waals surface area contributed by atoms with Crippen LogP contribution < -0.4 is 5.32 Å². The first-order valence-corrected chi connectivity index (χ1v) is 10.3.